The standard InChI is InChI=1S/C8H16N2O2/c1-3-9-4-6-10(2,7-5-9)8(11)12/h3-7H2,1-2H3/p+1. The molecule has 4 heteroatoms. The summed E-state index contributed by atoms with van der Waals surface area (Å²) in [4.78, 5) is 13.1. The Bertz CT molecular complexity index is 174. The molecule has 0 unspecified atom stereocenters. The molecule has 1 saturated heterocycles. The van der Waals surface area contributed by atoms with Crippen molar-refractivity contribution in [3.8, 4) is 0 Å². The third kappa shape index (κ3) is 1.76. The first-order chi connectivity index (χ1) is 5.58. The van der Waals surface area contributed by atoms with Crippen LogP contribution in [0.2, 0.25) is 0 Å². The average molecular weight is 173 g/mol. The van der Waals surface area contributed by atoms with E-state index in [4.69, 9.17) is 5.11 Å². The summed E-state index contributed by atoms with van der Waals surface area (Å²) in [6.07, 6.45) is -0.703. The van der Waals surface area contributed by atoms with Crippen molar-refractivity contribution in [1.82, 2.24) is 4.90 Å². The minimum absolute atomic E-state index is 0.177. The van der Waals surface area contributed by atoms with Crippen LogP contribution in [0.15, 0.2) is 0 Å². The second-order valence-electron chi connectivity index (χ2n) is 3.56. The number of likely N-dealkylation sites (N-methyl/N-ethyl adjacent to an activating group) is 2. The van der Waals surface area contributed by atoms with Gasteiger partial charge in [-0.15, -0.1) is 0 Å². The topological polar surface area (TPSA) is 40.5 Å². The number of hydrogen-bond acceptors (Lipinski definition) is 2. The summed E-state index contributed by atoms with van der Waals surface area (Å²) in [6, 6.07) is 0. The first-order valence-electron chi connectivity index (χ1n) is 4.39. The third-order valence-corrected chi connectivity index (χ3v) is 2.73. The van der Waals surface area contributed by atoms with E-state index in [2.05, 4.69) is 11.8 Å². The van der Waals surface area contributed by atoms with E-state index in [0.717, 1.165) is 32.7 Å². The van der Waals surface area contributed by atoms with Gasteiger partial charge >= 0.3 is 6.09 Å². The summed E-state index contributed by atoms with van der Waals surface area (Å²) in [5.74, 6) is 0. The molecule has 4 nitrogen and oxygen atoms in total. The summed E-state index contributed by atoms with van der Waals surface area (Å²) in [6.45, 7) is 6.39. The molecule has 0 aromatic rings. The van der Waals surface area contributed by atoms with Gasteiger partial charge in [0.15, 0.2) is 0 Å². The number of carbonyl (C=O) groups is 1. The number of hydrogen-bond donors (Lipinski definition) is 1. The van der Waals surface area contributed by atoms with Crippen LogP contribution in [0.1, 0.15) is 6.92 Å². The number of nitrogens with zero attached hydrogens (tertiary/aromatic N) is 2. The van der Waals surface area contributed by atoms with Gasteiger partial charge in [-0.1, -0.05) is 6.92 Å². The monoisotopic (exact) mass is 173 g/mol. The zero-order valence-electron chi connectivity index (χ0n) is 7.79. The SMILES string of the molecule is CCN1CC[N+](C)(C(=O)O)CC1. The second kappa shape index (κ2) is 3.41. The second-order valence-corrected chi connectivity index (χ2v) is 3.56. The minimum Gasteiger partial charge on any atom is -0.435 e. The molecule has 1 N–H and O–H groups in total. The molecule has 0 atom stereocenters. The number of quaternary nitrogens is 1. The Morgan fingerprint density at radius 1 is 1.50 bits per heavy atom. The summed E-state index contributed by atoms with van der Waals surface area (Å²) in [5, 5.41) is 8.91. The maximum absolute atomic E-state index is 10.8. The van der Waals surface area contributed by atoms with Crippen LogP contribution in [0.25, 0.3) is 0 Å². The lowest BCUT2D eigenvalue weighted by Crippen LogP contribution is -2.59. The first-order valence-corrected chi connectivity index (χ1v) is 4.39. The lowest BCUT2D eigenvalue weighted by atomic mass is 10.3. The zero-order valence-corrected chi connectivity index (χ0v) is 7.79. The molecule has 0 bridgehead atoms. The van der Waals surface area contributed by atoms with Crippen LogP contribution in [0.3, 0.4) is 0 Å². The predicted molar refractivity (Wildman–Crippen MR) is 46.1 cm³/mol. The van der Waals surface area contributed by atoms with Gasteiger partial charge in [-0.3, -0.25) is 4.90 Å². The zero-order chi connectivity index (χ0) is 9.19. The maximum Gasteiger partial charge on any atom is 0.513 e. The van der Waals surface area contributed by atoms with E-state index in [1.54, 1.807) is 7.05 Å². The lowest BCUT2D eigenvalue weighted by molar-refractivity contribution is -0.842. The Balaban J connectivity index is 2.49. The molecule has 1 rings (SSSR count). The highest BCUT2D eigenvalue weighted by Crippen LogP contribution is 2.09. The fraction of sp³-hybridized carbons (Fsp3) is 0.875. The summed E-state index contributed by atoms with van der Waals surface area (Å²) in [5.41, 5.74) is 0. The molecule has 0 aromatic carbocycles. The normalized spacial score (nSPS) is 23.8. The number of rotatable bonds is 1. The van der Waals surface area contributed by atoms with Crippen LogP contribution in [0, 0.1) is 0 Å². The molecule has 0 saturated carbocycles. The Hall–Kier alpha value is -0.610. The van der Waals surface area contributed by atoms with Crippen molar-refractivity contribution in [3.63, 3.8) is 0 Å². The summed E-state index contributed by atoms with van der Waals surface area (Å²) < 4.78 is 0.177. The van der Waals surface area contributed by atoms with E-state index >= 15 is 0 Å². The van der Waals surface area contributed by atoms with Crippen molar-refractivity contribution in [3.05, 3.63) is 0 Å². The maximum atomic E-state index is 10.8. The van der Waals surface area contributed by atoms with Crippen molar-refractivity contribution >= 4 is 6.09 Å². The highest BCUT2D eigenvalue weighted by Gasteiger charge is 2.35. The Morgan fingerprint density at radius 2 is 2.00 bits per heavy atom. The first kappa shape index (κ1) is 9.48. The molecular weight excluding hydrogens is 156 g/mol. The van der Waals surface area contributed by atoms with E-state index in [-0.39, 0.29) is 4.48 Å². The molecule has 1 fully saturated rings. The fourth-order valence-electron chi connectivity index (χ4n) is 1.46. The van der Waals surface area contributed by atoms with E-state index in [9.17, 15) is 4.79 Å². The predicted octanol–water partition coefficient (Wildman–Crippen LogP) is 0.446. The average Bonchev–Trinajstić information content (AvgIpc) is 2.06. The Labute approximate surface area is 73.0 Å². The molecular formula is C8H17N2O2+. The molecule has 12 heavy (non-hydrogen) atoms. The molecule has 1 amide bonds. The van der Waals surface area contributed by atoms with Crippen molar-refractivity contribution in [2.45, 2.75) is 6.92 Å². The smallest absolute Gasteiger partial charge is 0.435 e. The van der Waals surface area contributed by atoms with Gasteiger partial charge in [-0.05, 0) is 6.54 Å². The lowest BCUT2D eigenvalue weighted by Gasteiger charge is -2.36. The largest absolute Gasteiger partial charge is 0.513 e. The van der Waals surface area contributed by atoms with Gasteiger partial charge in [0.2, 0.25) is 0 Å². The van der Waals surface area contributed by atoms with E-state index < -0.39 is 6.09 Å². The van der Waals surface area contributed by atoms with Crippen LogP contribution in [-0.2, 0) is 0 Å². The van der Waals surface area contributed by atoms with Gasteiger partial charge in [0.1, 0.15) is 13.1 Å². The summed E-state index contributed by atoms with van der Waals surface area (Å²) in [7, 11) is 1.79. The van der Waals surface area contributed by atoms with Gasteiger partial charge < -0.3 is 5.11 Å². The van der Waals surface area contributed by atoms with Gasteiger partial charge in [-0.25, -0.2) is 4.48 Å². The van der Waals surface area contributed by atoms with Gasteiger partial charge in [0.05, 0.1) is 7.05 Å². The molecule has 1 heterocycles. The molecule has 0 aromatic heterocycles. The van der Waals surface area contributed by atoms with Crippen molar-refractivity contribution < 1.29 is 14.4 Å². The third-order valence-electron chi connectivity index (χ3n) is 2.73. The minimum atomic E-state index is -0.703. The van der Waals surface area contributed by atoms with Crippen molar-refractivity contribution in [2.75, 3.05) is 39.8 Å². The van der Waals surface area contributed by atoms with E-state index in [0.29, 0.717) is 0 Å². The molecule has 70 valence electrons. The van der Waals surface area contributed by atoms with Gasteiger partial charge in [0.25, 0.3) is 0 Å². The molecule has 1 aliphatic heterocycles. The number of amides is 1. The van der Waals surface area contributed by atoms with Crippen LogP contribution in [-0.4, -0.2) is 60.4 Å². The van der Waals surface area contributed by atoms with Gasteiger partial charge in [-0.2, -0.15) is 4.79 Å². The van der Waals surface area contributed by atoms with Crippen LogP contribution >= 0.6 is 0 Å². The highest BCUT2D eigenvalue weighted by molar-refractivity contribution is 5.56. The Kier molecular flexibility index (Phi) is 2.69. The summed E-state index contributed by atoms with van der Waals surface area (Å²) >= 11 is 0. The molecule has 0 radical (unpaired) electrons. The number of piperazine rings is 1. The fourth-order valence-corrected chi connectivity index (χ4v) is 1.46. The molecule has 0 aliphatic carbocycles. The van der Waals surface area contributed by atoms with Crippen molar-refractivity contribution in [2.24, 2.45) is 0 Å². The Morgan fingerprint density at radius 3 is 2.33 bits per heavy atom. The highest BCUT2D eigenvalue weighted by atomic mass is 16.4. The quantitative estimate of drug-likeness (QED) is 0.585. The van der Waals surface area contributed by atoms with E-state index in [1.165, 1.54) is 0 Å². The number of carboxylic acid groups (broad SMARTS) is 1. The van der Waals surface area contributed by atoms with E-state index in [1.807, 2.05) is 0 Å². The van der Waals surface area contributed by atoms with Crippen LogP contribution in [0.4, 0.5) is 4.79 Å². The molecule has 0 spiro atoms. The van der Waals surface area contributed by atoms with Crippen LogP contribution in [0.5, 0.6) is 0 Å². The van der Waals surface area contributed by atoms with Crippen LogP contribution < -0.4 is 0 Å². The molecule has 1 aliphatic rings. The van der Waals surface area contributed by atoms with Crippen molar-refractivity contribution in [1.29, 1.82) is 0 Å². The van der Waals surface area contributed by atoms with Gasteiger partial charge in [0, 0.05) is 13.1 Å².